The van der Waals surface area contributed by atoms with Gasteiger partial charge in [-0.25, -0.2) is 4.98 Å². The van der Waals surface area contributed by atoms with E-state index < -0.39 is 0 Å². The van der Waals surface area contributed by atoms with Crippen LogP contribution in [0, 0.1) is 16.9 Å². The number of benzene rings is 4. The predicted octanol–water partition coefficient (Wildman–Crippen LogP) is 11.3. The maximum atomic E-state index is 12.2. The molecule has 0 fully saturated rings. The molecular formula is C39H41IrN2O2S-. The number of thiophene rings is 1. The van der Waals surface area contributed by atoms with Crippen molar-refractivity contribution in [2.45, 2.75) is 67.2 Å². The fourth-order valence-electron chi connectivity index (χ4n) is 5.60. The van der Waals surface area contributed by atoms with Crippen molar-refractivity contribution in [2.75, 3.05) is 0 Å². The zero-order valence-electron chi connectivity index (χ0n) is 26.9. The Balaban J connectivity index is 0.000000226. The van der Waals surface area contributed by atoms with Gasteiger partial charge in [-0.05, 0) is 42.5 Å². The molecule has 6 rings (SSSR count). The number of carbonyl (C=O) groups excluding carboxylic acids is 1. The Morgan fingerprint density at radius 3 is 2.04 bits per heavy atom. The van der Waals surface area contributed by atoms with E-state index in [0.717, 1.165) is 47.2 Å². The molecule has 4 nitrogen and oxygen atoms in total. The molecule has 0 amide bonds. The average molecular weight is 794 g/mol. The summed E-state index contributed by atoms with van der Waals surface area (Å²) in [4.78, 5) is 22.5. The zero-order valence-corrected chi connectivity index (χ0v) is 30.1. The number of ketones is 1. The van der Waals surface area contributed by atoms with Crippen LogP contribution >= 0.6 is 11.3 Å². The van der Waals surface area contributed by atoms with Crippen LogP contribution in [0.15, 0.2) is 91.0 Å². The summed E-state index contributed by atoms with van der Waals surface area (Å²) in [5.41, 5.74) is 1.39. The van der Waals surface area contributed by atoms with Crippen LogP contribution in [0.4, 0.5) is 0 Å². The molecule has 2 aromatic heterocycles. The minimum absolute atomic E-state index is 0. The average Bonchev–Trinajstić information content (AvgIpc) is 3.47. The molecule has 235 valence electrons. The summed E-state index contributed by atoms with van der Waals surface area (Å²) in [6.45, 7) is 12.1. The molecule has 0 aliphatic heterocycles. The molecular weight excluding hydrogens is 753 g/mol. The first kappa shape index (κ1) is 34.4. The number of hydrogen-bond donors (Lipinski definition) is 1. The Morgan fingerprint density at radius 2 is 1.40 bits per heavy atom. The fourth-order valence-corrected chi connectivity index (χ4v) is 6.66. The smallest absolute Gasteiger partial charge is 0.164 e. The van der Waals surface area contributed by atoms with E-state index in [9.17, 15) is 9.90 Å². The summed E-state index contributed by atoms with van der Waals surface area (Å²) >= 11 is 1.73. The molecule has 45 heavy (non-hydrogen) atoms. The van der Waals surface area contributed by atoms with Crippen molar-refractivity contribution in [1.29, 1.82) is 0 Å². The van der Waals surface area contributed by atoms with E-state index in [1.165, 1.54) is 37.7 Å². The molecule has 0 aliphatic carbocycles. The molecule has 0 atom stereocenters. The standard InChI is InChI=1S/C24H13N2S.C15H28O2.Ir/c1-3-9-17-15(6-1)8-5-11-19(17)23-22-21-18-10-4-2-7-16(18)12-13-20(21)27-24(22)26-14-25-23;1-7-14(5,8-2)12(16)11-13(17)15(6,9-3)10-4;/h1-10,12-14H;11,16H,7-10H2,1-6H3;/q-1;;/b;12-11-;. The van der Waals surface area contributed by atoms with Crippen molar-refractivity contribution in [2.24, 2.45) is 10.8 Å². The minimum Gasteiger partial charge on any atom is -0.512 e. The molecule has 1 N–H and O–H groups in total. The quantitative estimate of drug-likeness (QED) is 0.0947. The topological polar surface area (TPSA) is 63.1 Å². The number of aromatic nitrogens is 2. The Morgan fingerprint density at radius 1 is 0.800 bits per heavy atom. The first-order valence-corrected chi connectivity index (χ1v) is 16.4. The van der Waals surface area contributed by atoms with Crippen LogP contribution in [0.25, 0.3) is 53.1 Å². The largest absolute Gasteiger partial charge is 0.512 e. The second-order valence-corrected chi connectivity index (χ2v) is 13.1. The number of aliphatic hydroxyl groups excluding tert-OH is 1. The molecule has 1 radical (unpaired) electrons. The van der Waals surface area contributed by atoms with E-state index in [1.54, 1.807) is 17.7 Å². The van der Waals surface area contributed by atoms with Crippen molar-refractivity contribution in [3.05, 3.63) is 97.0 Å². The van der Waals surface area contributed by atoms with Crippen LogP contribution in [-0.2, 0) is 24.9 Å². The number of hydrogen-bond acceptors (Lipinski definition) is 5. The fraction of sp³-hybridized carbons (Fsp3) is 0.308. The third-order valence-corrected chi connectivity index (χ3v) is 10.8. The third-order valence-electron chi connectivity index (χ3n) is 9.72. The maximum Gasteiger partial charge on any atom is 0.164 e. The number of allylic oxidation sites excluding steroid dienone is 2. The van der Waals surface area contributed by atoms with E-state index >= 15 is 0 Å². The van der Waals surface area contributed by atoms with E-state index in [4.69, 9.17) is 4.98 Å². The van der Waals surface area contributed by atoms with Gasteiger partial charge in [-0.1, -0.05) is 102 Å². The predicted molar refractivity (Wildman–Crippen MR) is 187 cm³/mol. The SMILES string of the molecule is CCC(C)(CC)C(=O)/C=C(\O)C(C)(CC)CC.[Ir].[c-]1ccc2ccccc2c1-c1ncnc2sc3ccc4ccccc4c3c12. The van der Waals surface area contributed by atoms with Crippen LogP contribution in [0.1, 0.15) is 67.2 Å². The first-order valence-electron chi connectivity index (χ1n) is 15.6. The van der Waals surface area contributed by atoms with Crippen molar-refractivity contribution < 1.29 is 30.0 Å². The van der Waals surface area contributed by atoms with Gasteiger partial charge in [0.15, 0.2) is 5.78 Å². The Hall–Kier alpha value is -3.44. The molecule has 0 saturated heterocycles. The van der Waals surface area contributed by atoms with Gasteiger partial charge in [0.2, 0.25) is 0 Å². The van der Waals surface area contributed by atoms with E-state index in [-0.39, 0.29) is 42.5 Å². The molecule has 6 heteroatoms. The van der Waals surface area contributed by atoms with Gasteiger partial charge >= 0.3 is 0 Å². The van der Waals surface area contributed by atoms with Gasteiger partial charge in [0.25, 0.3) is 0 Å². The number of aliphatic hydroxyl groups is 1. The first-order chi connectivity index (χ1) is 21.2. The summed E-state index contributed by atoms with van der Waals surface area (Å²) in [6, 6.07) is 28.8. The summed E-state index contributed by atoms with van der Waals surface area (Å²) in [5.74, 6) is 0.286. The van der Waals surface area contributed by atoms with Gasteiger partial charge in [-0.15, -0.1) is 40.5 Å². The molecule has 0 aliphatic rings. The van der Waals surface area contributed by atoms with Crippen LogP contribution in [0.3, 0.4) is 0 Å². The van der Waals surface area contributed by atoms with Gasteiger partial charge in [0.05, 0.1) is 0 Å². The second-order valence-electron chi connectivity index (χ2n) is 12.0. The zero-order chi connectivity index (χ0) is 31.5. The number of nitrogens with zero attached hydrogens (tertiary/aromatic N) is 2. The molecule has 0 spiro atoms. The van der Waals surface area contributed by atoms with Crippen molar-refractivity contribution in [3.63, 3.8) is 0 Å². The Bertz CT molecular complexity index is 1980. The van der Waals surface area contributed by atoms with Crippen LogP contribution < -0.4 is 0 Å². The summed E-state index contributed by atoms with van der Waals surface area (Å²) in [5, 5.41) is 17.3. The van der Waals surface area contributed by atoms with Gasteiger partial charge in [0.1, 0.15) is 16.9 Å². The molecule has 0 bridgehead atoms. The van der Waals surface area contributed by atoms with Crippen molar-refractivity contribution >= 4 is 59.0 Å². The second kappa shape index (κ2) is 14.3. The Labute approximate surface area is 284 Å². The monoisotopic (exact) mass is 794 g/mol. The van der Waals surface area contributed by atoms with Crippen molar-refractivity contribution in [1.82, 2.24) is 9.97 Å². The number of rotatable bonds is 8. The van der Waals surface area contributed by atoms with Crippen LogP contribution in [0.5, 0.6) is 0 Å². The molecule has 4 aromatic carbocycles. The molecule has 0 saturated carbocycles. The van der Waals surface area contributed by atoms with Crippen LogP contribution in [-0.4, -0.2) is 20.9 Å². The van der Waals surface area contributed by atoms with Gasteiger partial charge in [-0.2, -0.15) is 0 Å². The normalized spacial score (nSPS) is 12.3. The summed E-state index contributed by atoms with van der Waals surface area (Å²) in [6.07, 6.45) is 6.43. The molecule has 0 unspecified atom stereocenters. The molecule has 2 heterocycles. The van der Waals surface area contributed by atoms with E-state index in [2.05, 4.69) is 77.8 Å². The molecule has 6 aromatic rings. The van der Waals surface area contributed by atoms with Gasteiger partial charge in [0, 0.05) is 58.2 Å². The van der Waals surface area contributed by atoms with E-state index in [1.807, 2.05) is 47.6 Å². The maximum absolute atomic E-state index is 12.2. The Kier molecular flexibility index (Phi) is 11.0. The van der Waals surface area contributed by atoms with Crippen molar-refractivity contribution in [3.8, 4) is 11.3 Å². The van der Waals surface area contributed by atoms with E-state index in [0.29, 0.717) is 0 Å². The summed E-state index contributed by atoms with van der Waals surface area (Å²) in [7, 11) is 0. The van der Waals surface area contributed by atoms with Crippen LogP contribution in [0.2, 0.25) is 0 Å². The summed E-state index contributed by atoms with van der Waals surface area (Å²) < 4.78 is 1.24. The van der Waals surface area contributed by atoms with Gasteiger partial charge < -0.3 is 5.11 Å². The third kappa shape index (κ3) is 6.60. The number of carbonyl (C=O) groups is 1. The number of fused-ring (bicyclic) bond motifs is 6. The van der Waals surface area contributed by atoms with Gasteiger partial charge in [-0.3, -0.25) is 9.78 Å². The minimum atomic E-state index is -0.337.